The zero-order valence-corrected chi connectivity index (χ0v) is 13.9. The summed E-state index contributed by atoms with van der Waals surface area (Å²) in [6.07, 6.45) is 2.36. The number of carbonyl (C=O) groups is 1. The van der Waals surface area contributed by atoms with Crippen LogP contribution in [0.15, 0.2) is 29.6 Å². The lowest BCUT2D eigenvalue weighted by Gasteiger charge is -2.00. The Kier molecular flexibility index (Phi) is 4.04. The van der Waals surface area contributed by atoms with Crippen LogP contribution in [-0.2, 0) is 11.2 Å². The van der Waals surface area contributed by atoms with Gasteiger partial charge in [-0.3, -0.25) is 9.89 Å². The number of aromatic nitrogens is 3. The van der Waals surface area contributed by atoms with Crippen LogP contribution in [0.5, 0.6) is 0 Å². The van der Waals surface area contributed by atoms with E-state index in [1.807, 2.05) is 6.07 Å². The van der Waals surface area contributed by atoms with E-state index >= 15 is 0 Å². The molecule has 1 fully saturated rings. The van der Waals surface area contributed by atoms with E-state index in [-0.39, 0.29) is 17.9 Å². The number of carbonyl (C=O) groups excluding carboxylic acids is 1. The molecule has 1 aliphatic rings. The minimum Gasteiger partial charge on any atom is -0.309 e. The largest absolute Gasteiger partial charge is 0.309 e. The summed E-state index contributed by atoms with van der Waals surface area (Å²) in [6.45, 7) is 0. The van der Waals surface area contributed by atoms with Crippen LogP contribution in [0.25, 0.3) is 10.6 Å². The summed E-state index contributed by atoms with van der Waals surface area (Å²) in [6, 6.07) is 5.19. The molecule has 4 rings (SSSR count). The smallest absolute Gasteiger partial charge is 0.231 e. The van der Waals surface area contributed by atoms with Crippen LogP contribution in [0.1, 0.15) is 30.1 Å². The molecule has 0 radical (unpaired) electrons. The lowest BCUT2D eigenvalue weighted by atomic mass is 10.2. The standard InChI is InChI=1S/C17H14F2N4OS/c18-10-3-4-12(13(19)5-10)17-20-11(8-25-17)6-16(24)21-15-7-14(22-23-15)9-1-2-9/h3-5,7-9H,1-2,6H2,(H2,21,22,23,24). The maximum Gasteiger partial charge on any atom is 0.231 e. The summed E-state index contributed by atoms with van der Waals surface area (Å²) in [5.41, 5.74) is 1.79. The van der Waals surface area contributed by atoms with Gasteiger partial charge in [-0.2, -0.15) is 5.10 Å². The monoisotopic (exact) mass is 360 g/mol. The second kappa shape index (κ2) is 6.36. The van der Waals surface area contributed by atoms with Gasteiger partial charge in [0.1, 0.15) is 16.6 Å². The quantitative estimate of drug-likeness (QED) is 0.726. The first-order valence-corrected chi connectivity index (χ1v) is 8.71. The number of thiazole rings is 1. The van der Waals surface area contributed by atoms with Gasteiger partial charge >= 0.3 is 0 Å². The predicted molar refractivity (Wildman–Crippen MR) is 90.4 cm³/mol. The van der Waals surface area contributed by atoms with Gasteiger partial charge in [-0.15, -0.1) is 11.3 Å². The van der Waals surface area contributed by atoms with E-state index in [0.717, 1.165) is 24.6 Å². The minimum absolute atomic E-state index is 0.0605. The van der Waals surface area contributed by atoms with Crippen LogP contribution < -0.4 is 5.32 Å². The number of amides is 1. The first-order chi connectivity index (χ1) is 12.1. The van der Waals surface area contributed by atoms with E-state index in [0.29, 0.717) is 22.4 Å². The summed E-state index contributed by atoms with van der Waals surface area (Å²) in [5.74, 6) is -0.529. The maximum absolute atomic E-state index is 13.8. The fraction of sp³-hybridized carbons (Fsp3) is 0.235. The van der Waals surface area contributed by atoms with Crippen molar-refractivity contribution in [2.75, 3.05) is 5.32 Å². The van der Waals surface area contributed by atoms with Crippen LogP contribution in [0.2, 0.25) is 0 Å². The Morgan fingerprint density at radius 1 is 1.32 bits per heavy atom. The first-order valence-electron chi connectivity index (χ1n) is 7.83. The van der Waals surface area contributed by atoms with Gasteiger partial charge in [0.25, 0.3) is 0 Å². The van der Waals surface area contributed by atoms with Gasteiger partial charge in [0, 0.05) is 34.7 Å². The molecular weight excluding hydrogens is 346 g/mol. The van der Waals surface area contributed by atoms with Crippen molar-refractivity contribution in [3.63, 3.8) is 0 Å². The van der Waals surface area contributed by atoms with E-state index in [2.05, 4.69) is 20.5 Å². The van der Waals surface area contributed by atoms with Crippen molar-refractivity contribution >= 4 is 23.1 Å². The highest BCUT2D eigenvalue weighted by Crippen LogP contribution is 2.39. The van der Waals surface area contributed by atoms with E-state index in [4.69, 9.17) is 0 Å². The van der Waals surface area contributed by atoms with Crippen molar-refractivity contribution in [2.24, 2.45) is 0 Å². The fourth-order valence-corrected chi connectivity index (χ4v) is 3.38. The average molecular weight is 360 g/mol. The summed E-state index contributed by atoms with van der Waals surface area (Å²) in [5, 5.41) is 11.8. The van der Waals surface area contributed by atoms with Crippen LogP contribution in [-0.4, -0.2) is 21.1 Å². The van der Waals surface area contributed by atoms with Crippen LogP contribution in [0, 0.1) is 11.6 Å². The molecule has 1 aliphatic carbocycles. The Bertz CT molecular complexity index is 932. The number of nitrogens with zero attached hydrogens (tertiary/aromatic N) is 2. The Hall–Kier alpha value is -2.61. The third-order valence-electron chi connectivity index (χ3n) is 3.94. The molecule has 25 heavy (non-hydrogen) atoms. The molecule has 128 valence electrons. The Morgan fingerprint density at radius 3 is 2.92 bits per heavy atom. The lowest BCUT2D eigenvalue weighted by Crippen LogP contribution is -2.14. The van der Waals surface area contributed by atoms with Crippen molar-refractivity contribution in [2.45, 2.75) is 25.2 Å². The molecule has 5 nitrogen and oxygen atoms in total. The van der Waals surface area contributed by atoms with Crippen LogP contribution in [0.3, 0.4) is 0 Å². The van der Waals surface area contributed by atoms with E-state index in [1.165, 1.54) is 23.5 Å². The topological polar surface area (TPSA) is 70.7 Å². The number of halogens is 2. The van der Waals surface area contributed by atoms with Crippen molar-refractivity contribution in [1.82, 2.24) is 15.2 Å². The van der Waals surface area contributed by atoms with Gasteiger partial charge in [0.15, 0.2) is 5.82 Å². The van der Waals surface area contributed by atoms with Crippen LogP contribution >= 0.6 is 11.3 Å². The maximum atomic E-state index is 13.8. The Labute approximate surface area is 146 Å². The molecule has 2 heterocycles. The van der Waals surface area contributed by atoms with E-state index in [9.17, 15) is 13.6 Å². The molecule has 3 aromatic rings. The van der Waals surface area contributed by atoms with E-state index < -0.39 is 11.6 Å². The molecule has 0 atom stereocenters. The highest BCUT2D eigenvalue weighted by atomic mass is 32.1. The van der Waals surface area contributed by atoms with Gasteiger partial charge < -0.3 is 5.32 Å². The fourth-order valence-electron chi connectivity index (χ4n) is 2.53. The van der Waals surface area contributed by atoms with Crippen molar-refractivity contribution < 1.29 is 13.6 Å². The lowest BCUT2D eigenvalue weighted by molar-refractivity contribution is -0.115. The zero-order chi connectivity index (χ0) is 17.4. The number of aromatic amines is 1. The summed E-state index contributed by atoms with van der Waals surface area (Å²) in [7, 11) is 0. The number of anilines is 1. The zero-order valence-electron chi connectivity index (χ0n) is 13.1. The number of hydrogen-bond acceptors (Lipinski definition) is 4. The molecule has 2 N–H and O–H groups in total. The Balaban J connectivity index is 1.42. The number of benzene rings is 1. The molecule has 2 aromatic heterocycles. The SMILES string of the molecule is O=C(Cc1csc(-c2ccc(F)cc2F)n1)Nc1cc(C2CC2)[nH]n1. The highest BCUT2D eigenvalue weighted by molar-refractivity contribution is 7.13. The number of hydrogen-bond donors (Lipinski definition) is 2. The normalized spacial score (nSPS) is 13.8. The first kappa shape index (κ1) is 15.9. The molecule has 1 aromatic carbocycles. The van der Waals surface area contributed by atoms with Crippen molar-refractivity contribution in [1.29, 1.82) is 0 Å². The molecule has 0 spiro atoms. The van der Waals surface area contributed by atoms with Gasteiger partial charge in [-0.25, -0.2) is 13.8 Å². The van der Waals surface area contributed by atoms with E-state index in [1.54, 1.807) is 5.38 Å². The van der Waals surface area contributed by atoms with Crippen molar-refractivity contribution in [3.05, 3.63) is 52.7 Å². The number of nitrogens with one attached hydrogen (secondary N) is 2. The highest BCUT2D eigenvalue weighted by Gasteiger charge is 2.25. The average Bonchev–Trinajstić information content (AvgIpc) is 3.15. The molecule has 0 bridgehead atoms. The summed E-state index contributed by atoms with van der Waals surface area (Å²) in [4.78, 5) is 16.4. The third-order valence-corrected chi connectivity index (χ3v) is 4.86. The third kappa shape index (κ3) is 3.58. The molecule has 0 aliphatic heterocycles. The predicted octanol–water partition coefficient (Wildman–Crippen LogP) is 3.87. The number of H-pyrrole nitrogens is 1. The van der Waals surface area contributed by atoms with Crippen LogP contribution in [0.4, 0.5) is 14.6 Å². The van der Waals surface area contributed by atoms with Gasteiger partial charge in [0.2, 0.25) is 5.91 Å². The molecule has 0 unspecified atom stereocenters. The molecular formula is C17H14F2N4OS. The minimum atomic E-state index is -0.672. The van der Waals surface area contributed by atoms with Gasteiger partial charge in [-0.05, 0) is 25.0 Å². The Morgan fingerprint density at radius 2 is 2.16 bits per heavy atom. The second-order valence-electron chi connectivity index (χ2n) is 5.98. The number of rotatable bonds is 5. The summed E-state index contributed by atoms with van der Waals surface area (Å²) < 4.78 is 26.8. The van der Waals surface area contributed by atoms with Gasteiger partial charge in [0.05, 0.1) is 12.1 Å². The van der Waals surface area contributed by atoms with Gasteiger partial charge in [-0.1, -0.05) is 0 Å². The second-order valence-corrected chi connectivity index (χ2v) is 6.83. The van der Waals surface area contributed by atoms with Crippen molar-refractivity contribution in [3.8, 4) is 10.6 Å². The summed E-state index contributed by atoms with van der Waals surface area (Å²) >= 11 is 1.21. The molecule has 1 saturated carbocycles. The molecule has 1 amide bonds. The molecule has 0 saturated heterocycles. The molecule has 8 heteroatoms.